The van der Waals surface area contributed by atoms with Gasteiger partial charge >= 0.3 is 11.7 Å². The van der Waals surface area contributed by atoms with Gasteiger partial charge in [-0.05, 0) is 48.0 Å². The van der Waals surface area contributed by atoms with Gasteiger partial charge in [0.1, 0.15) is 36.1 Å². The molecule has 0 radical (unpaired) electrons. The Balaban J connectivity index is 1.17. The smallest absolute Gasteiger partial charge is 0.337 e. The van der Waals surface area contributed by atoms with Crippen LogP contribution in [0.25, 0.3) is 22.4 Å². The zero-order chi connectivity index (χ0) is 35.7. The molecule has 2 aromatic carbocycles. The minimum Gasteiger partial charge on any atom is -0.480 e. The van der Waals surface area contributed by atoms with E-state index < -0.39 is 62.1 Å². The number of nitrogens with zero attached hydrogens (tertiary/aromatic N) is 7. The van der Waals surface area contributed by atoms with Crippen molar-refractivity contribution in [3.8, 4) is 11.5 Å². The Morgan fingerprint density at radius 1 is 0.980 bits per heavy atom. The molecule has 4 aromatic heterocycles. The van der Waals surface area contributed by atoms with Crippen molar-refractivity contribution >= 4 is 38.5 Å². The van der Waals surface area contributed by atoms with Crippen LogP contribution in [0.5, 0.6) is 0 Å². The Morgan fingerprint density at radius 2 is 1.74 bits per heavy atom. The van der Waals surface area contributed by atoms with Crippen molar-refractivity contribution in [1.82, 2.24) is 39.2 Å². The number of carboxylic acids is 1. The molecule has 0 saturated heterocycles. The molecule has 0 saturated carbocycles. The third-order valence-corrected chi connectivity index (χ3v) is 8.91. The number of fused-ring (bicyclic) bond motifs is 1. The number of carboxylic acid groups (broad SMARTS) is 1. The lowest BCUT2D eigenvalue weighted by Crippen LogP contribution is -2.42. The van der Waals surface area contributed by atoms with Crippen LogP contribution in [0.4, 0.5) is 14.5 Å². The van der Waals surface area contributed by atoms with Crippen LogP contribution in [0.3, 0.4) is 0 Å². The molecular formula is C31H23F2N9O7S. The molecule has 0 fully saturated rings. The van der Waals surface area contributed by atoms with Crippen LogP contribution >= 0.6 is 0 Å². The van der Waals surface area contributed by atoms with E-state index in [1.54, 1.807) is 0 Å². The summed E-state index contributed by atoms with van der Waals surface area (Å²) in [5.41, 5.74) is -1.97. The molecule has 1 amide bonds. The molecule has 0 aliphatic rings. The number of pyridine rings is 2. The Labute approximate surface area is 279 Å². The van der Waals surface area contributed by atoms with E-state index in [1.807, 2.05) is 4.72 Å². The Kier molecular flexibility index (Phi) is 8.73. The first-order valence-electron chi connectivity index (χ1n) is 14.4. The summed E-state index contributed by atoms with van der Waals surface area (Å²) in [6.07, 6.45) is 6.28. The highest BCUT2D eigenvalue weighted by molar-refractivity contribution is 7.92. The van der Waals surface area contributed by atoms with Crippen molar-refractivity contribution < 1.29 is 31.9 Å². The third kappa shape index (κ3) is 6.43. The average Bonchev–Trinajstić information content (AvgIpc) is 3.64. The fourth-order valence-electron chi connectivity index (χ4n) is 4.96. The second-order valence-corrected chi connectivity index (χ2v) is 12.4. The highest BCUT2D eigenvalue weighted by Crippen LogP contribution is 2.24. The first kappa shape index (κ1) is 33.3. The summed E-state index contributed by atoms with van der Waals surface area (Å²) in [5, 5.41) is 16.0. The van der Waals surface area contributed by atoms with Crippen LogP contribution in [0.2, 0.25) is 0 Å². The fourth-order valence-corrected chi connectivity index (χ4v) is 6.02. The number of hydrogen-bond donors (Lipinski definition) is 3. The van der Waals surface area contributed by atoms with E-state index in [9.17, 15) is 32.7 Å². The van der Waals surface area contributed by atoms with Gasteiger partial charge in [-0.3, -0.25) is 23.9 Å². The van der Waals surface area contributed by atoms with Gasteiger partial charge < -0.3 is 10.4 Å². The molecule has 19 heteroatoms. The van der Waals surface area contributed by atoms with E-state index in [2.05, 4.69) is 25.4 Å². The van der Waals surface area contributed by atoms with Gasteiger partial charge in [-0.25, -0.2) is 46.0 Å². The predicted molar refractivity (Wildman–Crippen MR) is 171 cm³/mol. The van der Waals surface area contributed by atoms with E-state index in [4.69, 9.17) is 0 Å². The monoisotopic (exact) mass is 703 g/mol. The number of sulfonamides is 1. The van der Waals surface area contributed by atoms with Gasteiger partial charge in [-0.15, -0.1) is 0 Å². The molecule has 0 aliphatic heterocycles. The van der Waals surface area contributed by atoms with E-state index in [0.717, 1.165) is 4.57 Å². The summed E-state index contributed by atoms with van der Waals surface area (Å²) >= 11 is 0. The van der Waals surface area contributed by atoms with Crippen LogP contribution in [-0.4, -0.2) is 65.3 Å². The van der Waals surface area contributed by atoms with E-state index in [-0.39, 0.29) is 28.1 Å². The summed E-state index contributed by atoms with van der Waals surface area (Å²) in [6, 6.07) is 8.66. The largest absolute Gasteiger partial charge is 0.480 e. The first-order valence-corrected chi connectivity index (χ1v) is 15.8. The van der Waals surface area contributed by atoms with E-state index in [1.165, 1.54) is 90.0 Å². The number of halogens is 2. The Morgan fingerprint density at radius 3 is 2.40 bits per heavy atom. The van der Waals surface area contributed by atoms with E-state index in [0.29, 0.717) is 23.3 Å². The van der Waals surface area contributed by atoms with Crippen LogP contribution < -0.4 is 21.3 Å². The maximum atomic E-state index is 15.0. The predicted octanol–water partition coefficient (Wildman–Crippen LogP) is 1.56. The van der Waals surface area contributed by atoms with Gasteiger partial charge in [0.25, 0.3) is 21.5 Å². The normalized spacial score (nSPS) is 12.1. The molecule has 254 valence electrons. The summed E-state index contributed by atoms with van der Waals surface area (Å²) in [6.45, 7) is 0. The van der Waals surface area contributed by atoms with Gasteiger partial charge in [0.05, 0.1) is 38.9 Å². The molecule has 3 N–H and O–H groups in total. The lowest BCUT2D eigenvalue weighted by Gasteiger charge is -2.16. The van der Waals surface area contributed by atoms with E-state index >= 15 is 8.78 Å². The molecule has 1 atom stereocenters. The van der Waals surface area contributed by atoms with Gasteiger partial charge in [0, 0.05) is 31.9 Å². The second-order valence-electron chi connectivity index (χ2n) is 10.7. The summed E-state index contributed by atoms with van der Waals surface area (Å²) in [7, 11) is -2.94. The Bertz CT molecular complexity index is 2500. The number of aliphatic carboxylic acids is 1. The lowest BCUT2D eigenvalue weighted by atomic mass is 10.1. The van der Waals surface area contributed by atoms with Gasteiger partial charge in [0.2, 0.25) is 0 Å². The zero-order valence-corrected chi connectivity index (χ0v) is 26.4. The fraction of sp³-hybridized carbons (Fsp3) is 0.0968. The van der Waals surface area contributed by atoms with Crippen molar-refractivity contribution in [3.63, 3.8) is 0 Å². The standard InChI is InChI=1S/C31H23F2N9O7S/c1-40-26-14-34-9-8-20(26)29(44)42(31(40)47)27-7-2-17(13-36-27)10-25(30(45)46)38-28(43)21-11-23(33)24(12-22(21)32)39-50(48,49)19-5-3-18(4-6-19)41-16-35-15-37-41/h2-9,11-16,25,39H,10H2,1H3,(H,38,43)(H,45,46)/t25-/m0/s1. The van der Waals surface area contributed by atoms with Gasteiger partial charge in [-0.1, -0.05) is 6.07 Å². The van der Waals surface area contributed by atoms with Crippen molar-refractivity contribution in [2.45, 2.75) is 17.4 Å². The number of nitrogens with one attached hydrogen (secondary N) is 2. The number of benzene rings is 2. The number of aryl methyl sites for hydroxylation is 1. The minimum absolute atomic E-state index is 0.0500. The topological polar surface area (TPSA) is 213 Å². The highest BCUT2D eigenvalue weighted by atomic mass is 32.2. The molecule has 0 unspecified atom stereocenters. The molecule has 6 rings (SSSR count). The number of hydrogen-bond acceptors (Lipinski definition) is 10. The summed E-state index contributed by atoms with van der Waals surface area (Å²) in [5.74, 6) is -5.51. The number of carbonyl (C=O) groups is 2. The van der Waals surface area contributed by atoms with Crippen molar-refractivity contribution in [1.29, 1.82) is 0 Å². The Hall–Kier alpha value is -6.63. The number of carbonyl (C=O) groups excluding carboxylic acids is 1. The molecule has 6 aromatic rings. The highest BCUT2D eigenvalue weighted by Gasteiger charge is 2.26. The van der Waals surface area contributed by atoms with Crippen LogP contribution in [0, 0.1) is 11.6 Å². The lowest BCUT2D eigenvalue weighted by molar-refractivity contribution is -0.139. The maximum absolute atomic E-state index is 15.0. The molecule has 50 heavy (non-hydrogen) atoms. The molecule has 0 bridgehead atoms. The molecule has 0 aliphatic carbocycles. The van der Waals surface area contributed by atoms with Crippen molar-refractivity contribution in [2.24, 2.45) is 7.05 Å². The van der Waals surface area contributed by atoms with Crippen LogP contribution in [0.1, 0.15) is 15.9 Å². The summed E-state index contributed by atoms with van der Waals surface area (Å²) < 4.78 is 61.1. The van der Waals surface area contributed by atoms with Crippen molar-refractivity contribution in [2.75, 3.05) is 4.72 Å². The molecule has 0 spiro atoms. The number of rotatable bonds is 10. The van der Waals surface area contributed by atoms with Gasteiger partial charge in [0.15, 0.2) is 0 Å². The average molecular weight is 704 g/mol. The first-order chi connectivity index (χ1) is 23.8. The quantitative estimate of drug-likeness (QED) is 0.186. The number of amides is 1. The number of anilines is 1. The van der Waals surface area contributed by atoms with Crippen LogP contribution in [-0.2, 0) is 28.3 Å². The maximum Gasteiger partial charge on any atom is 0.337 e. The molecular weight excluding hydrogens is 680 g/mol. The second kappa shape index (κ2) is 13.1. The minimum atomic E-state index is -4.40. The molecule has 4 heterocycles. The van der Waals surface area contributed by atoms with Crippen molar-refractivity contribution in [3.05, 3.63) is 129 Å². The molecule has 16 nitrogen and oxygen atoms in total. The van der Waals surface area contributed by atoms with Crippen LogP contribution in [0.15, 0.2) is 100 Å². The summed E-state index contributed by atoms with van der Waals surface area (Å²) in [4.78, 5) is 62.4. The SMILES string of the molecule is Cn1c(=O)n(-c2ccc(C[C@H](NC(=O)c3cc(F)c(NS(=O)(=O)c4ccc(-n5cncn5)cc4)cc3F)C(=O)O)cn2)c(=O)c2ccncc21. The number of aromatic nitrogens is 7. The zero-order valence-electron chi connectivity index (χ0n) is 25.6. The van der Waals surface area contributed by atoms with Gasteiger partial charge in [-0.2, -0.15) is 5.10 Å². The third-order valence-electron chi connectivity index (χ3n) is 7.53.